The Hall–Kier alpha value is -2.15. The highest BCUT2D eigenvalue weighted by atomic mass is 16.3. The lowest BCUT2D eigenvalue weighted by molar-refractivity contribution is 0.0381. The number of aliphatic hydroxyl groups is 1. The zero-order valence-electron chi connectivity index (χ0n) is 11.4. The van der Waals surface area contributed by atoms with Crippen LogP contribution in [-0.2, 0) is 5.60 Å². The Morgan fingerprint density at radius 2 is 2.35 bits per heavy atom. The minimum atomic E-state index is -1.13. The van der Waals surface area contributed by atoms with Gasteiger partial charge < -0.3 is 14.4 Å². The molecule has 106 valence electrons. The van der Waals surface area contributed by atoms with Gasteiger partial charge in [-0.15, -0.1) is 0 Å². The van der Waals surface area contributed by atoms with Crippen molar-refractivity contribution in [2.45, 2.75) is 25.9 Å². The van der Waals surface area contributed by atoms with Crippen LogP contribution in [0.15, 0.2) is 16.9 Å². The molecule has 0 radical (unpaired) electrons. The van der Waals surface area contributed by atoms with Crippen molar-refractivity contribution in [2.24, 2.45) is 0 Å². The monoisotopic (exact) mass is 276 g/mol. The number of furan rings is 1. The molecule has 2 aromatic heterocycles. The molecule has 0 aromatic carbocycles. The van der Waals surface area contributed by atoms with Gasteiger partial charge in [0.15, 0.2) is 0 Å². The van der Waals surface area contributed by atoms with Crippen LogP contribution in [0, 0.1) is 13.8 Å². The summed E-state index contributed by atoms with van der Waals surface area (Å²) in [6, 6.07) is 0. The molecule has 2 aromatic rings. The Balaban J connectivity index is 1.83. The maximum atomic E-state index is 12.5. The van der Waals surface area contributed by atoms with Crippen LogP contribution in [0.5, 0.6) is 0 Å². The number of aromatic nitrogens is 3. The zero-order chi connectivity index (χ0) is 14.3. The third kappa shape index (κ3) is 1.90. The summed E-state index contributed by atoms with van der Waals surface area (Å²) in [5.41, 5.74) is 0.723. The van der Waals surface area contributed by atoms with E-state index >= 15 is 0 Å². The quantitative estimate of drug-likeness (QED) is 0.843. The second kappa shape index (κ2) is 4.45. The smallest absolute Gasteiger partial charge is 0.257 e. The molecular formula is C13H16N4O3. The van der Waals surface area contributed by atoms with Crippen LogP contribution in [0.2, 0.25) is 0 Å². The first-order valence-corrected chi connectivity index (χ1v) is 6.44. The molecule has 3 rings (SSSR count). The highest BCUT2D eigenvalue weighted by molar-refractivity contribution is 5.96. The largest absolute Gasteiger partial charge is 0.469 e. The summed E-state index contributed by atoms with van der Waals surface area (Å²) in [5, 5.41) is 20.7. The maximum absolute atomic E-state index is 12.5. The normalized spacial score (nSPS) is 22.4. The van der Waals surface area contributed by atoms with E-state index in [2.05, 4.69) is 15.4 Å². The van der Waals surface area contributed by atoms with Crippen LogP contribution in [0.4, 0.5) is 0 Å². The Bertz CT molecular complexity index is 615. The number of nitrogens with one attached hydrogen (secondary N) is 1. The van der Waals surface area contributed by atoms with Crippen molar-refractivity contribution >= 4 is 5.91 Å². The number of β-amino-alcohol motifs (C(OH)–C–C–N with tert-alkyl or cyclic N) is 1. The predicted molar refractivity (Wildman–Crippen MR) is 69.0 cm³/mol. The van der Waals surface area contributed by atoms with Gasteiger partial charge in [0.1, 0.15) is 17.1 Å². The molecular weight excluding hydrogens is 260 g/mol. The number of nitrogens with zero attached hydrogens (tertiary/aromatic N) is 3. The molecule has 2 N–H and O–H groups in total. The van der Waals surface area contributed by atoms with Gasteiger partial charge in [-0.25, -0.2) is 0 Å². The summed E-state index contributed by atoms with van der Waals surface area (Å²) in [6.45, 7) is 4.29. The van der Waals surface area contributed by atoms with Crippen molar-refractivity contribution in [3.8, 4) is 0 Å². The number of aryl methyl sites for hydroxylation is 2. The maximum Gasteiger partial charge on any atom is 0.257 e. The Kier molecular flexibility index (Phi) is 2.86. The average Bonchev–Trinajstić information content (AvgIpc) is 3.10. The van der Waals surface area contributed by atoms with Gasteiger partial charge in [-0.05, 0) is 13.8 Å². The van der Waals surface area contributed by atoms with Crippen LogP contribution < -0.4 is 0 Å². The fourth-order valence-corrected chi connectivity index (χ4v) is 2.65. The molecule has 0 unspecified atom stereocenters. The summed E-state index contributed by atoms with van der Waals surface area (Å²) in [6.07, 6.45) is 3.51. The molecule has 0 saturated carbocycles. The van der Waals surface area contributed by atoms with Gasteiger partial charge in [-0.3, -0.25) is 4.79 Å². The molecule has 7 heteroatoms. The number of carbonyl (C=O) groups excluding carboxylic acids is 1. The summed E-state index contributed by atoms with van der Waals surface area (Å²) in [5.74, 6) is 0.484. The summed E-state index contributed by atoms with van der Waals surface area (Å²) >= 11 is 0. The van der Waals surface area contributed by atoms with E-state index in [1.807, 2.05) is 6.92 Å². The SMILES string of the molecule is Cc1coc(C)c1C(=O)N1CC[C@](O)(c2cn[nH]n2)C1. The third-order valence-corrected chi connectivity index (χ3v) is 3.80. The standard InChI is InChI=1S/C13H16N4O3/c1-8-6-20-9(2)11(8)12(18)17-4-3-13(19,7-17)10-5-14-16-15-10/h5-6,19H,3-4,7H2,1-2H3,(H,14,15,16)/t13-/m1/s1. The minimum absolute atomic E-state index is 0.117. The van der Waals surface area contributed by atoms with Crippen LogP contribution in [0.3, 0.4) is 0 Å². The van der Waals surface area contributed by atoms with E-state index in [1.54, 1.807) is 18.1 Å². The number of hydrogen-bond donors (Lipinski definition) is 2. The average molecular weight is 276 g/mol. The predicted octanol–water partition coefficient (Wildman–Crippen LogP) is 0.748. The summed E-state index contributed by atoms with van der Waals surface area (Å²) in [7, 11) is 0. The van der Waals surface area contributed by atoms with Crippen LogP contribution >= 0.6 is 0 Å². The molecule has 0 spiro atoms. The molecule has 0 bridgehead atoms. The lowest BCUT2D eigenvalue weighted by Crippen LogP contribution is -2.35. The molecule has 1 aliphatic rings. The number of hydrogen-bond acceptors (Lipinski definition) is 5. The van der Waals surface area contributed by atoms with Crippen LogP contribution in [-0.4, -0.2) is 44.4 Å². The Labute approximate surface area is 115 Å². The van der Waals surface area contributed by atoms with E-state index in [4.69, 9.17) is 4.42 Å². The van der Waals surface area contributed by atoms with Gasteiger partial charge in [0.2, 0.25) is 0 Å². The fraction of sp³-hybridized carbons (Fsp3) is 0.462. The fourth-order valence-electron chi connectivity index (χ4n) is 2.65. The van der Waals surface area contributed by atoms with Crippen molar-refractivity contribution in [2.75, 3.05) is 13.1 Å². The van der Waals surface area contributed by atoms with Crippen molar-refractivity contribution in [3.05, 3.63) is 35.0 Å². The second-order valence-electron chi connectivity index (χ2n) is 5.21. The molecule has 1 amide bonds. The summed E-state index contributed by atoms with van der Waals surface area (Å²) < 4.78 is 5.26. The van der Waals surface area contributed by atoms with E-state index in [0.29, 0.717) is 30.0 Å². The first-order valence-electron chi connectivity index (χ1n) is 6.44. The Morgan fingerprint density at radius 3 is 2.95 bits per heavy atom. The summed E-state index contributed by atoms with van der Waals surface area (Å²) in [4.78, 5) is 14.1. The number of amides is 1. The number of rotatable bonds is 2. The highest BCUT2D eigenvalue weighted by Crippen LogP contribution is 2.31. The molecule has 20 heavy (non-hydrogen) atoms. The molecule has 1 fully saturated rings. The number of likely N-dealkylation sites (tertiary alicyclic amines) is 1. The molecule has 7 nitrogen and oxygen atoms in total. The molecule has 1 atom stereocenters. The Morgan fingerprint density at radius 1 is 1.55 bits per heavy atom. The molecule has 1 aliphatic heterocycles. The highest BCUT2D eigenvalue weighted by Gasteiger charge is 2.42. The van der Waals surface area contributed by atoms with Crippen LogP contribution in [0.25, 0.3) is 0 Å². The zero-order valence-corrected chi connectivity index (χ0v) is 11.4. The number of aromatic amines is 1. The van der Waals surface area contributed by atoms with E-state index < -0.39 is 5.60 Å². The molecule has 3 heterocycles. The van der Waals surface area contributed by atoms with E-state index in [0.717, 1.165) is 5.56 Å². The lowest BCUT2D eigenvalue weighted by Gasteiger charge is -2.21. The van der Waals surface area contributed by atoms with Crippen molar-refractivity contribution in [1.29, 1.82) is 0 Å². The number of H-pyrrole nitrogens is 1. The van der Waals surface area contributed by atoms with Gasteiger partial charge in [-0.1, -0.05) is 0 Å². The van der Waals surface area contributed by atoms with Crippen molar-refractivity contribution in [3.63, 3.8) is 0 Å². The van der Waals surface area contributed by atoms with Gasteiger partial charge >= 0.3 is 0 Å². The second-order valence-corrected chi connectivity index (χ2v) is 5.21. The minimum Gasteiger partial charge on any atom is -0.469 e. The molecule has 1 saturated heterocycles. The van der Waals surface area contributed by atoms with Crippen LogP contribution in [0.1, 0.15) is 33.8 Å². The lowest BCUT2D eigenvalue weighted by atomic mass is 10.00. The van der Waals surface area contributed by atoms with E-state index in [1.165, 1.54) is 6.20 Å². The topological polar surface area (TPSA) is 95.3 Å². The first kappa shape index (κ1) is 12.9. The van der Waals surface area contributed by atoms with Gasteiger partial charge in [0.25, 0.3) is 5.91 Å². The van der Waals surface area contributed by atoms with Crippen molar-refractivity contribution in [1.82, 2.24) is 20.3 Å². The van der Waals surface area contributed by atoms with Gasteiger partial charge in [0, 0.05) is 18.5 Å². The molecule has 0 aliphatic carbocycles. The van der Waals surface area contributed by atoms with E-state index in [9.17, 15) is 9.90 Å². The van der Waals surface area contributed by atoms with Crippen molar-refractivity contribution < 1.29 is 14.3 Å². The van der Waals surface area contributed by atoms with Gasteiger partial charge in [-0.2, -0.15) is 15.4 Å². The van der Waals surface area contributed by atoms with E-state index in [-0.39, 0.29) is 12.5 Å². The number of carbonyl (C=O) groups is 1. The van der Waals surface area contributed by atoms with Gasteiger partial charge in [0.05, 0.1) is 24.6 Å². The third-order valence-electron chi connectivity index (χ3n) is 3.80. The first-order chi connectivity index (χ1) is 9.51.